The number of fused-ring (bicyclic) bond motifs is 1. The van der Waals surface area contributed by atoms with Crippen LogP contribution in [0.25, 0.3) is 22.3 Å². The molecule has 0 amide bonds. The molecule has 4 nitrogen and oxygen atoms in total. The van der Waals surface area contributed by atoms with Crippen molar-refractivity contribution in [3.8, 4) is 17.1 Å². The molecule has 4 aromatic rings. The molecule has 176 valence electrons. The van der Waals surface area contributed by atoms with Crippen LogP contribution in [0.1, 0.15) is 25.7 Å². The zero-order valence-corrected chi connectivity index (χ0v) is 21.3. The van der Waals surface area contributed by atoms with Gasteiger partial charge in [-0.3, -0.25) is 9.36 Å². The number of halogens is 4. The molecule has 8 heteroatoms. The van der Waals surface area contributed by atoms with Gasteiger partial charge in [0, 0.05) is 22.2 Å². The molecule has 0 saturated heterocycles. The SMILES string of the molecule is O=c1c2ccccc2nc(-c2ccc(Cl)cc2)n1CCCCCCOc1c(Cl)cc(Cl)cc1Cl. The molecule has 0 saturated carbocycles. The van der Waals surface area contributed by atoms with Crippen LogP contribution in [0.3, 0.4) is 0 Å². The zero-order valence-electron chi connectivity index (χ0n) is 18.2. The molecule has 0 aliphatic carbocycles. The summed E-state index contributed by atoms with van der Waals surface area (Å²) in [6.45, 7) is 1.07. The van der Waals surface area contributed by atoms with E-state index in [9.17, 15) is 4.79 Å². The second-order valence-corrected chi connectivity index (χ2v) is 9.56. The number of para-hydroxylation sites is 1. The van der Waals surface area contributed by atoms with E-state index in [0.717, 1.165) is 31.2 Å². The van der Waals surface area contributed by atoms with Gasteiger partial charge in [0.15, 0.2) is 5.75 Å². The molecule has 0 aliphatic heterocycles. The maximum Gasteiger partial charge on any atom is 0.261 e. The van der Waals surface area contributed by atoms with E-state index < -0.39 is 0 Å². The number of ether oxygens (including phenoxy) is 1. The fraction of sp³-hybridized carbons (Fsp3) is 0.231. The van der Waals surface area contributed by atoms with Crippen LogP contribution in [0, 0.1) is 0 Å². The number of nitrogens with zero attached hydrogens (tertiary/aromatic N) is 2. The fourth-order valence-electron chi connectivity index (χ4n) is 3.76. The van der Waals surface area contributed by atoms with Gasteiger partial charge in [0.25, 0.3) is 5.56 Å². The minimum absolute atomic E-state index is 0.0362. The Morgan fingerprint density at radius 2 is 1.47 bits per heavy atom. The lowest BCUT2D eigenvalue weighted by molar-refractivity contribution is 0.304. The fourth-order valence-corrected chi connectivity index (χ4v) is 4.81. The van der Waals surface area contributed by atoms with Crippen molar-refractivity contribution in [1.82, 2.24) is 9.55 Å². The molecule has 0 N–H and O–H groups in total. The number of rotatable bonds is 9. The lowest BCUT2D eigenvalue weighted by Gasteiger charge is -2.14. The monoisotopic (exact) mass is 534 g/mol. The van der Waals surface area contributed by atoms with Crippen LogP contribution in [0.2, 0.25) is 20.1 Å². The molecule has 1 heterocycles. The van der Waals surface area contributed by atoms with E-state index in [1.165, 1.54) is 0 Å². The van der Waals surface area contributed by atoms with Gasteiger partial charge in [-0.05, 0) is 61.4 Å². The summed E-state index contributed by atoms with van der Waals surface area (Å²) in [5, 5.41) is 2.52. The molecule has 0 bridgehead atoms. The van der Waals surface area contributed by atoms with Gasteiger partial charge in [-0.1, -0.05) is 71.4 Å². The van der Waals surface area contributed by atoms with Crippen LogP contribution in [0.4, 0.5) is 0 Å². The van der Waals surface area contributed by atoms with Crippen LogP contribution < -0.4 is 10.3 Å². The third-order valence-electron chi connectivity index (χ3n) is 5.45. The predicted molar refractivity (Wildman–Crippen MR) is 142 cm³/mol. The van der Waals surface area contributed by atoms with Gasteiger partial charge in [-0.2, -0.15) is 0 Å². The summed E-state index contributed by atoms with van der Waals surface area (Å²) in [6.07, 6.45) is 3.55. The van der Waals surface area contributed by atoms with Crippen LogP contribution in [-0.4, -0.2) is 16.2 Å². The first-order valence-electron chi connectivity index (χ1n) is 11.0. The van der Waals surface area contributed by atoms with E-state index >= 15 is 0 Å². The normalized spacial score (nSPS) is 11.2. The van der Waals surface area contributed by atoms with Crippen LogP contribution >= 0.6 is 46.4 Å². The zero-order chi connectivity index (χ0) is 24.1. The topological polar surface area (TPSA) is 44.1 Å². The highest BCUT2D eigenvalue weighted by molar-refractivity contribution is 6.40. The quantitative estimate of drug-likeness (QED) is 0.202. The van der Waals surface area contributed by atoms with Gasteiger partial charge in [0.2, 0.25) is 0 Å². The van der Waals surface area contributed by atoms with E-state index in [2.05, 4.69) is 0 Å². The van der Waals surface area contributed by atoms with E-state index in [4.69, 9.17) is 56.1 Å². The van der Waals surface area contributed by atoms with E-state index in [1.54, 1.807) is 16.7 Å². The molecule has 34 heavy (non-hydrogen) atoms. The molecule has 0 radical (unpaired) electrons. The molecule has 0 spiro atoms. The smallest absolute Gasteiger partial charge is 0.261 e. The Morgan fingerprint density at radius 1 is 0.794 bits per heavy atom. The lowest BCUT2D eigenvalue weighted by Crippen LogP contribution is -2.23. The van der Waals surface area contributed by atoms with Crippen molar-refractivity contribution >= 4 is 57.3 Å². The van der Waals surface area contributed by atoms with Crippen molar-refractivity contribution < 1.29 is 4.74 Å². The summed E-state index contributed by atoms with van der Waals surface area (Å²) in [7, 11) is 0. The van der Waals surface area contributed by atoms with Crippen molar-refractivity contribution in [3.63, 3.8) is 0 Å². The Morgan fingerprint density at radius 3 is 2.21 bits per heavy atom. The second-order valence-electron chi connectivity index (χ2n) is 7.88. The number of benzene rings is 3. The summed E-state index contributed by atoms with van der Waals surface area (Å²) in [4.78, 5) is 18.0. The van der Waals surface area contributed by atoms with Gasteiger partial charge >= 0.3 is 0 Å². The first-order chi connectivity index (χ1) is 16.4. The van der Waals surface area contributed by atoms with Gasteiger partial charge in [-0.15, -0.1) is 0 Å². The molecule has 4 rings (SSSR count). The second kappa shape index (κ2) is 11.5. The average molecular weight is 536 g/mol. The number of aromatic nitrogens is 2. The average Bonchev–Trinajstić information content (AvgIpc) is 2.81. The summed E-state index contributed by atoms with van der Waals surface area (Å²) in [5.41, 5.74) is 1.51. The summed E-state index contributed by atoms with van der Waals surface area (Å²) < 4.78 is 7.50. The molecule has 1 aromatic heterocycles. The Bertz CT molecular complexity index is 1330. The molecular formula is C26H22Cl4N2O2. The highest BCUT2D eigenvalue weighted by atomic mass is 35.5. The molecule has 0 unspecified atom stereocenters. The van der Waals surface area contributed by atoms with Gasteiger partial charge in [0.05, 0.1) is 27.6 Å². The van der Waals surface area contributed by atoms with Gasteiger partial charge < -0.3 is 4.74 Å². The molecule has 0 aliphatic rings. The van der Waals surface area contributed by atoms with E-state index in [0.29, 0.717) is 55.7 Å². The molecule has 3 aromatic carbocycles. The van der Waals surface area contributed by atoms with Crippen molar-refractivity contribution in [3.05, 3.63) is 91.1 Å². The standard InChI is InChI=1S/C26H22Cl4N2O2/c27-18-11-9-17(10-12-18)25-31-23-8-4-3-7-20(23)26(33)32(25)13-5-1-2-6-14-34-24-21(29)15-19(28)16-22(24)30/h3-4,7-12,15-16H,1-2,5-6,13-14H2. The van der Waals surface area contributed by atoms with E-state index in [1.807, 2.05) is 48.5 Å². The first kappa shape index (κ1) is 24.9. The number of unbranched alkanes of at least 4 members (excludes halogenated alkanes) is 3. The lowest BCUT2D eigenvalue weighted by atomic mass is 10.1. The van der Waals surface area contributed by atoms with Crippen LogP contribution in [-0.2, 0) is 6.54 Å². The summed E-state index contributed by atoms with van der Waals surface area (Å²) >= 11 is 24.3. The van der Waals surface area contributed by atoms with Crippen molar-refractivity contribution in [2.24, 2.45) is 0 Å². The highest BCUT2D eigenvalue weighted by Crippen LogP contribution is 2.35. The number of hydrogen-bond acceptors (Lipinski definition) is 3. The van der Waals surface area contributed by atoms with Crippen LogP contribution in [0.15, 0.2) is 65.5 Å². The Labute approximate surface area is 218 Å². The number of hydrogen-bond donors (Lipinski definition) is 0. The van der Waals surface area contributed by atoms with E-state index in [-0.39, 0.29) is 5.56 Å². The van der Waals surface area contributed by atoms with Crippen molar-refractivity contribution in [1.29, 1.82) is 0 Å². The Hall–Kier alpha value is -2.24. The Balaban J connectivity index is 1.39. The third kappa shape index (κ3) is 5.87. The summed E-state index contributed by atoms with van der Waals surface area (Å²) in [6, 6.07) is 18.0. The van der Waals surface area contributed by atoms with Gasteiger partial charge in [0.1, 0.15) is 5.82 Å². The van der Waals surface area contributed by atoms with Crippen molar-refractivity contribution in [2.45, 2.75) is 32.2 Å². The van der Waals surface area contributed by atoms with Crippen molar-refractivity contribution in [2.75, 3.05) is 6.61 Å². The predicted octanol–water partition coefficient (Wildman–Crippen LogP) is 8.32. The Kier molecular flexibility index (Phi) is 8.38. The third-order valence-corrected chi connectivity index (χ3v) is 6.48. The maximum absolute atomic E-state index is 13.2. The summed E-state index contributed by atoms with van der Waals surface area (Å²) in [5.74, 6) is 1.10. The molecule has 0 atom stereocenters. The first-order valence-corrected chi connectivity index (χ1v) is 12.5. The van der Waals surface area contributed by atoms with Gasteiger partial charge in [-0.25, -0.2) is 4.98 Å². The molecule has 0 fully saturated rings. The maximum atomic E-state index is 13.2. The highest BCUT2D eigenvalue weighted by Gasteiger charge is 2.13. The molecular weight excluding hydrogens is 514 g/mol. The minimum Gasteiger partial charge on any atom is -0.490 e. The minimum atomic E-state index is -0.0362. The van der Waals surface area contributed by atoms with Crippen LogP contribution in [0.5, 0.6) is 5.75 Å². The largest absolute Gasteiger partial charge is 0.490 e.